The summed E-state index contributed by atoms with van der Waals surface area (Å²) < 4.78 is 28.9. The van der Waals surface area contributed by atoms with E-state index in [1.54, 1.807) is 46.8 Å². The zero-order chi connectivity index (χ0) is 22.2. The number of rotatable bonds is 3. The van der Waals surface area contributed by atoms with Crippen LogP contribution in [0.2, 0.25) is 0 Å². The Morgan fingerprint density at radius 1 is 0.903 bits per heavy atom. The van der Waals surface area contributed by atoms with E-state index in [-0.39, 0.29) is 27.5 Å². The van der Waals surface area contributed by atoms with Crippen LogP contribution >= 0.6 is 0 Å². The molecule has 162 valence electrons. The summed E-state index contributed by atoms with van der Waals surface area (Å²) in [5.74, 6) is -0.858. The minimum atomic E-state index is -3.75. The molecule has 2 aromatic carbocycles. The topological polar surface area (TPSA) is 74.8 Å². The highest BCUT2D eigenvalue weighted by molar-refractivity contribution is 7.89. The third-order valence-corrected chi connectivity index (χ3v) is 8.74. The van der Waals surface area contributed by atoms with Crippen LogP contribution < -0.4 is 4.90 Å². The first-order chi connectivity index (χ1) is 14.5. The molecule has 2 aromatic rings. The minimum absolute atomic E-state index is 0.0262. The van der Waals surface area contributed by atoms with Gasteiger partial charge in [0.2, 0.25) is 10.0 Å². The molecule has 2 amide bonds. The molecule has 0 aromatic heterocycles. The quantitative estimate of drug-likeness (QED) is 0.677. The molecule has 2 aliphatic heterocycles. The monoisotopic (exact) mass is 438 g/mol. The van der Waals surface area contributed by atoms with Crippen molar-refractivity contribution in [3.8, 4) is 0 Å². The average molecular weight is 439 g/mol. The first-order valence-corrected chi connectivity index (χ1v) is 12.0. The Labute approximate surface area is 182 Å². The van der Waals surface area contributed by atoms with Gasteiger partial charge in [-0.2, -0.15) is 4.31 Å². The smallest absolute Gasteiger partial charge is 0.266 e. The summed E-state index contributed by atoms with van der Waals surface area (Å²) >= 11 is 0. The zero-order valence-corrected chi connectivity index (χ0v) is 18.8. The van der Waals surface area contributed by atoms with Gasteiger partial charge in [0.25, 0.3) is 11.8 Å². The number of hydrogen-bond acceptors (Lipinski definition) is 4. The Bertz CT molecular complexity index is 1180. The van der Waals surface area contributed by atoms with Crippen molar-refractivity contribution in [2.24, 2.45) is 10.8 Å². The predicted molar refractivity (Wildman–Crippen MR) is 117 cm³/mol. The summed E-state index contributed by atoms with van der Waals surface area (Å²) in [4.78, 5) is 26.9. The highest BCUT2D eigenvalue weighted by Crippen LogP contribution is 2.53. The summed E-state index contributed by atoms with van der Waals surface area (Å²) in [7, 11) is -3.75. The second kappa shape index (κ2) is 6.50. The molecule has 1 aliphatic carbocycles. The maximum Gasteiger partial charge on any atom is 0.266 e. The molecule has 1 saturated heterocycles. The van der Waals surface area contributed by atoms with E-state index in [2.05, 4.69) is 20.8 Å². The van der Waals surface area contributed by atoms with Gasteiger partial charge >= 0.3 is 0 Å². The van der Waals surface area contributed by atoms with E-state index >= 15 is 0 Å². The fourth-order valence-corrected chi connectivity index (χ4v) is 7.85. The van der Waals surface area contributed by atoms with Crippen molar-refractivity contribution in [3.05, 3.63) is 59.7 Å². The predicted octanol–water partition coefficient (Wildman–Crippen LogP) is 4.08. The number of carbonyl (C=O) groups is 2. The summed E-state index contributed by atoms with van der Waals surface area (Å²) in [5, 5.41) is 0. The first-order valence-electron chi connectivity index (χ1n) is 10.6. The van der Waals surface area contributed by atoms with Crippen molar-refractivity contribution in [2.75, 3.05) is 11.4 Å². The molecule has 2 fully saturated rings. The standard InChI is InChI=1S/C24H26N2O4S/c1-23(2)12-17-13-24(3,14-23)15-25(17)31(29,30)18-8-6-7-16(11-18)26-21(27)19-9-4-5-10-20(19)22(26)28/h4-11,17H,12-15H2,1-3H3. The molecule has 3 aliphatic rings. The molecule has 0 radical (unpaired) electrons. The summed E-state index contributed by atoms with van der Waals surface area (Å²) in [6.45, 7) is 7.08. The molecule has 0 spiro atoms. The van der Waals surface area contributed by atoms with Crippen molar-refractivity contribution < 1.29 is 18.0 Å². The van der Waals surface area contributed by atoms with Crippen LogP contribution in [0, 0.1) is 10.8 Å². The Morgan fingerprint density at radius 2 is 1.55 bits per heavy atom. The molecule has 7 heteroatoms. The third-order valence-electron chi connectivity index (χ3n) is 6.84. The van der Waals surface area contributed by atoms with Gasteiger partial charge in [-0.1, -0.05) is 39.0 Å². The SMILES string of the molecule is CC1(C)CC2CC(C)(CN2S(=O)(=O)c2cccc(N3C(=O)c4ccccc4C3=O)c2)C1. The molecule has 2 heterocycles. The van der Waals surface area contributed by atoms with Crippen LogP contribution in [-0.2, 0) is 10.0 Å². The highest BCUT2D eigenvalue weighted by Gasteiger charge is 2.53. The van der Waals surface area contributed by atoms with Gasteiger partial charge in [0.05, 0.1) is 21.7 Å². The van der Waals surface area contributed by atoms with E-state index in [4.69, 9.17) is 0 Å². The Kier molecular flexibility index (Phi) is 4.27. The first kappa shape index (κ1) is 20.4. The number of carbonyl (C=O) groups excluding carboxylic acids is 2. The fraction of sp³-hybridized carbons (Fsp3) is 0.417. The Morgan fingerprint density at radius 3 is 2.19 bits per heavy atom. The molecule has 1 saturated carbocycles. The average Bonchev–Trinajstić information content (AvgIpc) is 3.11. The van der Waals surface area contributed by atoms with E-state index < -0.39 is 21.8 Å². The van der Waals surface area contributed by atoms with Gasteiger partial charge < -0.3 is 0 Å². The van der Waals surface area contributed by atoms with Crippen molar-refractivity contribution in [1.29, 1.82) is 0 Å². The van der Waals surface area contributed by atoms with Gasteiger partial charge in [-0.25, -0.2) is 13.3 Å². The lowest BCUT2D eigenvalue weighted by Crippen LogP contribution is -2.37. The van der Waals surface area contributed by atoms with Crippen LogP contribution in [0.1, 0.15) is 60.7 Å². The summed E-state index contributed by atoms with van der Waals surface area (Å²) in [5.41, 5.74) is 1.03. The largest absolute Gasteiger partial charge is 0.268 e. The minimum Gasteiger partial charge on any atom is -0.268 e. The van der Waals surface area contributed by atoms with Gasteiger partial charge in [0.1, 0.15) is 0 Å². The Balaban J connectivity index is 1.50. The molecule has 5 rings (SSSR count). The Hall–Kier alpha value is -2.51. The fourth-order valence-electron chi connectivity index (χ4n) is 6.03. The van der Waals surface area contributed by atoms with Crippen LogP contribution in [0.4, 0.5) is 5.69 Å². The second-order valence-corrected chi connectivity index (χ2v) is 12.1. The molecule has 2 atom stereocenters. The number of amides is 2. The number of nitrogens with zero attached hydrogens (tertiary/aromatic N) is 2. The van der Waals surface area contributed by atoms with Gasteiger partial charge in [-0.3, -0.25) is 9.59 Å². The molecule has 0 N–H and O–H groups in total. The van der Waals surface area contributed by atoms with Crippen molar-refractivity contribution in [1.82, 2.24) is 4.31 Å². The van der Waals surface area contributed by atoms with Crippen LogP contribution in [-0.4, -0.2) is 37.1 Å². The maximum atomic E-state index is 13.6. The molecule has 6 nitrogen and oxygen atoms in total. The zero-order valence-electron chi connectivity index (χ0n) is 18.0. The molecule has 2 bridgehead atoms. The highest BCUT2D eigenvalue weighted by atomic mass is 32.2. The van der Waals surface area contributed by atoms with E-state index in [0.29, 0.717) is 17.7 Å². The van der Waals surface area contributed by atoms with Gasteiger partial charge in [0.15, 0.2) is 0 Å². The van der Waals surface area contributed by atoms with Gasteiger partial charge in [-0.15, -0.1) is 0 Å². The van der Waals surface area contributed by atoms with Crippen LogP contribution in [0.3, 0.4) is 0 Å². The maximum absolute atomic E-state index is 13.6. The molecular formula is C24H26N2O4S. The number of hydrogen-bond donors (Lipinski definition) is 0. The van der Waals surface area contributed by atoms with E-state index in [1.807, 2.05) is 0 Å². The number of imide groups is 1. The molecule has 2 unspecified atom stereocenters. The van der Waals surface area contributed by atoms with E-state index in [0.717, 1.165) is 24.2 Å². The van der Waals surface area contributed by atoms with E-state index in [1.165, 1.54) is 6.07 Å². The lowest BCUT2D eigenvalue weighted by atomic mass is 9.65. The second-order valence-electron chi connectivity index (χ2n) is 10.3. The van der Waals surface area contributed by atoms with Crippen molar-refractivity contribution in [3.63, 3.8) is 0 Å². The number of fused-ring (bicyclic) bond motifs is 3. The normalized spacial score (nSPS) is 27.6. The third kappa shape index (κ3) is 3.13. The van der Waals surface area contributed by atoms with Gasteiger partial charge in [0, 0.05) is 12.6 Å². The molecular weight excluding hydrogens is 412 g/mol. The number of anilines is 1. The van der Waals surface area contributed by atoms with Crippen LogP contribution in [0.25, 0.3) is 0 Å². The van der Waals surface area contributed by atoms with Crippen LogP contribution in [0.5, 0.6) is 0 Å². The van der Waals surface area contributed by atoms with Crippen molar-refractivity contribution in [2.45, 2.75) is 51.0 Å². The lowest BCUT2D eigenvalue weighted by molar-refractivity contribution is 0.0926. The number of sulfonamides is 1. The lowest BCUT2D eigenvalue weighted by Gasteiger charge is -2.39. The van der Waals surface area contributed by atoms with E-state index in [9.17, 15) is 18.0 Å². The van der Waals surface area contributed by atoms with Crippen molar-refractivity contribution >= 4 is 27.5 Å². The van der Waals surface area contributed by atoms with Crippen LogP contribution in [0.15, 0.2) is 53.4 Å². The molecule has 31 heavy (non-hydrogen) atoms. The van der Waals surface area contributed by atoms with Gasteiger partial charge in [-0.05, 0) is 60.4 Å². The summed E-state index contributed by atoms with van der Waals surface area (Å²) in [6.07, 6.45) is 2.70. The summed E-state index contributed by atoms with van der Waals surface area (Å²) in [6, 6.07) is 12.8. The number of benzene rings is 2.